The van der Waals surface area contributed by atoms with Crippen molar-refractivity contribution in [3.63, 3.8) is 0 Å². The fourth-order valence-corrected chi connectivity index (χ4v) is 1.36. The van der Waals surface area contributed by atoms with Crippen molar-refractivity contribution < 1.29 is 9.90 Å². The maximum atomic E-state index is 10.7. The van der Waals surface area contributed by atoms with Gasteiger partial charge >= 0.3 is 5.97 Å². The molecule has 1 aliphatic carbocycles. The minimum atomic E-state index is -0.792. The van der Waals surface area contributed by atoms with Gasteiger partial charge in [0, 0.05) is 5.54 Å². The molecule has 0 aromatic rings. The third-order valence-electron chi connectivity index (χ3n) is 2.19. The maximum Gasteiger partial charge on any atom is 0.308 e. The molecule has 0 aromatic heterocycles. The SMILES string of the molecule is C[C@]1(N)CC=CC[C@H]1C(=O)O. The van der Waals surface area contributed by atoms with Crippen molar-refractivity contribution in [1.82, 2.24) is 0 Å². The van der Waals surface area contributed by atoms with Crippen LogP contribution in [0.3, 0.4) is 0 Å². The van der Waals surface area contributed by atoms with Crippen LogP contribution in [-0.2, 0) is 4.79 Å². The van der Waals surface area contributed by atoms with Gasteiger partial charge in [-0.15, -0.1) is 0 Å². The van der Waals surface area contributed by atoms with Gasteiger partial charge in [-0.1, -0.05) is 12.2 Å². The molecule has 11 heavy (non-hydrogen) atoms. The Balaban J connectivity index is 2.78. The quantitative estimate of drug-likeness (QED) is 0.549. The van der Waals surface area contributed by atoms with E-state index in [0.717, 1.165) is 0 Å². The number of aliphatic carboxylic acids is 1. The monoisotopic (exact) mass is 155 g/mol. The molecule has 0 heterocycles. The van der Waals surface area contributed by atoms with E-state index in [2.05, 4.69) is 0 Å². The van der Waals surface area contributed by atoms with Gasteiger partial charge in [-0.2, -0.15) is 0 Å². The number of carboxylic acid groups (broad SMARTS) is 1. The van der Waals surface area contributed by atoms with Crippen molar-refractivity contribution in [2.24, 2.45) is 11.7 Å². The Morgan fingerprint density at radius 2 is 2.36 bits per heavy atom. The summed E-state index contributed by atoms with van der Waals surface area (Å²) in [6, 6.07) is 0. The lowest BCUT2D eigenvalue weighted by Crippen LogP contribution is -2.48. The standard InChI is InChI=1S/C8H13NO2/c1-8(9)5-3-2-4-6(8)7(10)11/h2-3,6H,4-5,9H2,1H3,(H,10,11)/t6-,8-/m0/s1. The number of carboxylic acids is 1. The van der Waals surface area contributed by atoms with Crippen LogP contribution in [0.15, 0.2) is 12.2 Å². The molecule has 0 radical (unpaired) electrons. The summed E-state index contributed by atoms with van der Waals surface area (Å²) in [6.45, 7) is 1.79. The summed E-state index contributed by atoms with van der Waals surface area (Å²) in [7, 11) is 0. The van der Waals surface area contributed by atoms with Gasteiger partial charge in [-0.3, -0.25) is 4.79 Å². The highest BCUT2D eigenvalue weighted by atomic mass is 16.4. The maximum absolute atomic E-state index is 10.7. The van der Waals surface area contributed by atoms with Crippen molar-refractivity contribution in [2.75, 3.05) is 0 Å². The van der Waals surface area contributed by atoms with E-state index in [1.165, 1.54) is 0 Å². The van der Waals surface area contributed by atoms with Crippen LogP contribution in [0, 0.1) is 5.92 Å². The van der Waals surface area contributed by atoms with Crippen LogP contribution in [0.5, 0.6) is 0 Å². The van der Waals surface area contributed by atoms with E-state index in [-0.39, 0.29) is 0 Å². The second-order valence-electron chi connectivity index (χ2n) is 3.31. The summed E-state index contributed by atoms with van der Waals surface area (Å²) in [6.07, 6.45) is 5.04. The van der Waals surface area contributed by atoms with E-state index in [9.17, 15) is 4.79 Å². The molecule has 62 valence electrons. The lowest BCUT2D eigenvalue weighted by atomic mass is 9.78. The van der Waals surface area contributed by atoms with Crippen LogP contribution < -0.4 is 5.73 Å². The average Bonchev–Trinajstić information content (AvgIpc) is 1.85. The van der Waals surface area contributed by atoms with Crippen molar-refractivity contribution in [3.05, 3.63) is 12.2 Å². The van der Waals surface area contributed by atoms with Crippen LogP contribution in [0.4, 0.5) is 0 Å². The highest BCUT2D eigenvalue weighted by molar-refractivity contribution is 5.72. The first-order chi connectivity index (χ1) is 5.04. The second-order valence-corrected chi connectivity index (χ2v) is 3.31. The van der Waals surface area contributed by atoms with Crippen molar-refractivity contribution in [1.29, 1.82) is 0 Å². The minimum absolute atomic E-state index is 0.424. The molecule has 0 fully saturated rings. The molecular weight excluding hydrogens is 142 g/mol. The van der Waals surface area contributed by atoms with E-state index < -0.39 is 17.4 Å². The van der Waals surface area contributed by atoms with Gasteiger partial charge in [0.25, 0.3) is 0 Å². The molecular formula is C8H13NO2. The van der Waals surface area contributed by atoms with Crippen LogP contribution in [-0.4, -0.2) is 16.6 Å². The summed E-state index contributed by atoms with van der Waals surface area (Å²) in [5.74, 6) is -1.22. The molecule has 1 aliphatic rings. The van der Waals surface area contributed by atoms with Gasteiger partial charge in [0.2, 0.25) is 0 Å². The molecule has 0 aromatic carbocycles. The van der Waals surface area contributed by atoms with E-state index in [0.29, 0.717) is 12.8 Å². The Labute approximate surface area is 65.9 Å². The third-order valence-corrected chi connectivity index (χ3v) is 2.19. The Morgan fingerprint density at radius 3 is 2.73 bits per heavy atom. The zero-order chi connectivity index (χ0) is 8.48. The van der Waals surface area contributed by atoms with Crippen molar-refractivity contribution in [2.45, 2.75) is 25.3 Å². The number of nitrogens with two attached hydrogens (primary N) is 1. The number of allylic oxidation sites excluding steroid dienone is 1. The first-order valence-electron chi connectivity index (χ1n) is 3.71. The molecule has 3 nitrogen and oxygen atoms in total. The van der Waals surface area contributed by atoms with Crippen LogP contribution >= 0.6 is 0 Å². The highest BCUT2D eigenvalue weighted by Crippen LogP contribution is 2.26. The smallest absolute Gasteiger partial charge is 0.308 e. The lowest BCUT2D eigenvalue weighted by Gasteiger charge is -2.32. The predicted molar refractivity (Wildman–Crippen MR) is 42.1 cm³/mol. The van der Waals surface area contributed by atoms with Crippen molar-refractivity contribution in [3.8, 4) is 0 Å². The van der Waals surface area contributed by atoms with E-state index in [4.69, 9.17) is 10.8 Å². The third kappa shape index (κ3) is 1.60. The Hall–Kier alpha value is -0.830. The van der Waals surface area contributed by atoms with E-state index in [1.54, 1.807) is 6.92 Å². The van der Waals surface area contributed by atoms with Gasteiger partial charge in [-0.05, 0) is 19.8 Å². The largest absolute Gasteiger partial charge is 0.481 e. The number of hydrogen-bond acceptors (Lipinski definition) is 2. The Morgan fingerprint density at radius 1 is 1.73 bits per heavy atom. The molecule has 3 N–H and O–H groups in total. The van der Waals surface area contributed by atoms with E-state index in [1.807, 2.05) is 12.2 Å². The fourth-order valence-electron chi connectivity index (χ4n) is 1.36. The second kappa shape index (κ2) is 2.66. The zero-order valence-corrected chi connectivity index (χ0v) is 6.58. The summed E-state index contributed by atoms with van der Waals surface area (Å²) in [4.78, 5) is 10.7. The molecule has 0 unspecified atom stereocenters. The summed E-state index contributed by atoms with van der Waals surface area (Å²) in [5, 5.41) is 8.76. The number of carbonyl (C=O) groups is 1. The Kier molecular flexibility index (Phi) is 2.00. The fraction of sp³-hybridized carbons (Fsp3) is 0.625. The number of rotatable bonds is 1. The molecule has 0 bridgehead atoms. The molecule has 0 aliphatic heterocycles. The summed E-state index contributed by atoms with van der Waals surface area (Å²) < 4.78 is 0. The van der Waals surface area contributed by atoms with Crippen molar-refractivity contribution >= 4 is 5.97 Å². The van der Waals surface area contributed by atoms with Gasteiger partial charge < -0.3 is 10.8 Å². The van der Waals surface area contributed by atoms with Crippen LogP contribution in [0.1, 0.15) is 19.8 Å². The summed E-state index contributed by atoms with van der Waals surface area (Å²) >= 11 is 0. The lowest BCUT2D eigenvalue weighted by molar-refractivity contribution is -0.144. The first kappa shape index (κ1) is 8.27. The van der Waals surface area contributed by atoms with Crippen LogP contribution in [0.25, 0.3) is 0 Å². The first-order valence-corrected chi connectivity index (χ1v) is 3.71. The molecule has 3 heteroatoms. The Bertz CT molecular complexity index is 196. The van der Waals surface area contributed by atoms with Gasteiger partial charge in [0.15, 0.2) is 0 Å². The minimum Gasteiger partial charge on any atom is -0.481 e. The number of hydrogen-bond donors (Lipinski definition) is 2. The van der Waals surface area contributed by atoms with E-state index >= 15 is 0 Å². The average molecular weight is 155 g/mol. The molecule has 0 saturated carbocycles. The highest BCUT2D eigenvalue weighted by Gasteiger charge is 2.35. The zero-order valence-electron chi connectivity index (χ0n) is 6.58. The summed E-state index contributed by atoms with van der Waals surface area (Å²) in [5.41, 5.74) is 5.22. The predicted octanol–water partition coefficient (Wildman–Crippen LogP) is 0.755. The van der Waals surface area contributed by atoms with Gasteiger partial charge in [0.1, 0.15) is 0 Å². The molecule has 0 amide bonds. The van der Waals surface area contributed by atoms with Gasteiger partial charge in [-0.25, -0.2) is 0 Å². The molecule has 0 saturated heterocycles. The molecule has 1 rings (SSSR count). The topological polar surface area (TPSA) is 63.3 Å². The van der Waals surface area contributed by atoms with Gasteiger partial charge in [0.05, 0.1) is 5.92 Å². The van der Waals surface area contributed by atoms with Crippen LogP contribution in [0.2, 0.25) is 0 Å². The molecule has 0 spiro atoms. The normalized spacial score (nSPS) is 37.1. The molecule has 2 atom stereocenters.